The Morgan fingerprint density at radius 1 is 1.33 bits per heavy atom. The summed E-state index contributed by atoms with van der Waals surface area (Å²) in [6.07, 6.45) is 3.90. The molecule has 2 rings (SSSR count). The van der Waals surface area contributed by atoms with Gasteiger partial charge < -0.3 is 4.98 Å². The van der Waals surface area contributed by atoms with Crippen LogP contribution in [0.3, 0.4) is 0 Å². The van der Waals surface area contributed by atoms with Gasteiger partial charge in [0.2, 0.25) is 0 Å². The summed E-state index contributed by atoms with van der Waals surface area (Å²) in [5, 5.41) is 0. The van der Waals surface area contributed by atoms with Crippen LogP contribution in [0.25, 0.3) is 11.2 Å². The van der Waals surface area contributed by atoms with E-state index in [2.05, 4.69) is 35.7 Å². The van der Waals surface area contributed by atoms with Gasteiger partial charge in [-0.3, -0.25) is 0 Å². The van der Waals surface area contributed by atoms with Crippen molar-refractivity contribution in [1.82, 2.24) is 15.0 Å². The van der Waals surface area contributed by atoms with Gasteiger partial charge in [-0.25, -0.2) is 9.97 Å². The number of fused-ring (bicyclic) bond motifs is 1. The highest BCUT2D eigenvalue weighted by Gasteiger charge is 2.11. The van der Waals surface area contributed by atoms with E-state index in [1.165, 1.54) is 0 Å². The van der Waals surface area contributed by atoms with Crippen molar-refractivity contribution in [2.24, 2.45) is 5.41 Å². The number of rotatable bonds is 2. The first-order valence-corrected chi connectivity index (χ1v) is 5.34. The van der Waals surface area contributed by atoms with Crippen molar-refractivity contribution in [3.05, 3.63) is 24.2 Å². The maximum atomic E-state index is 4.50. The number of hydrogen-bond acceptors (Lipinski definition) is 2. The van der Waals surface area contributed by atoms with Gasteiger partial charge in [-0.1, -0.05) is 20.8 Å². The highest BCUT2D eigenvalue weighted by Crippen LogP contribution is 2.21. The fraction of sp³-hybridized carbons (Fsp3) is 0.500. The molecule has 0 saturated heterocycles. The number of imidazole rings is 1. The SMILES string of the molecule is CC(C)(C)CCc1nc2cccnc2[nH]1. The monoisotopic (exact) mass is 203 g/mol. The summed E-state index contributed by atoms with van der Waals surface area (Å²) in [6, 6.07) is 3.90. The standard InChI is InChI=1S/C12H17N3/c1-12(2,3)7-6-10-14-9-5-4-8-13-11(9)15-10/h4-5,8H,6-7H2,1-3H3,(H,13,14,15). The third-order valence-corrected chi connectivity index (χ3v) is 2.42. The average molecular weight is 203 g/mol. The molecule has 2 heterocycles. The van der Waals surface area contributed by atoms with Crippen molar-refractivity contribution in [3.8, 4) is 0 Å². The molecular formula is C12H17N3. The lowest BCUT2D eigenvalue weighted by Gasteiger charge is -2.16. The zero-order valence-electron chi connectivity index (χ0n) is 9.54. The van der Waals surface area contributed by atoms with Crippen molar-refractivity contribution in [1.29, 1.82) is 0 Å². The van der Waals surface area contributed by atoms with Gasteiger partial charge >= 0.3 is 0 Å². The van der Waals surface area contributed by atoms with E-state index >= 15 is 0 Å². The summed E-state index contributed by atoms with van der Waals surface area (Å²) < 4.78 is 0. The van der Waals surface area contributed by atoms with Gasteiger partial charge in [-0.05, 0) is 24.0 Å². The van der Waals surface area contributed by atoms with E-state index in [1.54, 1.807) is 6.20 Å². The number of pyridine rings is 1. The van der Waals surface area contributed by atoms with Crippen LogP contribution in [0.15, 0.2) is 18.3 Å². The normalized spacial score (nSPS) is 12.2. The number of nitrogens with zero attached hydrogens (tertiary/aromatic N) is 2. The Balaban J connectivity index is 2.16. The van der Waals surface area contributed by atoms with Crippen LogP contribution >= 0.6 is 0 Å². The zero-order chi connectivity index (χ0) is 10.9. The van der Waals surface area contributed by atoms with E-state index in [0.717, 1.165) is 29.8 Å². The maximum Gasteiger partial charge on any atom is 0.157 e. The van der Waals surface area contributed by atoms with E-state index in [1.807, 2.05) is 12.1 Å². The smallest absolute Gasteiger partial charge is 0.157 e. The van der Waals surface area contributed by atoms with Crippen LogP contribution in [-0.4, -0.2) is 15.0 Å². The van der Waals surface area contributed by atoms with Crippen LogP contribution in [0.4, 0.5) is 0 Å². The summed E-state index contributed by atoms with van der Waals surface area (Å²) in [4.78, 5) is 12.0. The molecule has 0 aromatic carbocycles. The highest BCUT2D eigenvalue weighted by molar-refractivity contribution is 5.69. The lowest BCUT2D eigenvalue weighted by Crippen LogP contribution is -2.06. The molecule has 0 saturated carbocycles. The number of aryl methyl sites for hydroxylation is 1. The predicted octanol–water partition coefficient (Wildman–Crippen LogP) is 2.94. The predicted molar refractivity (Wildman–Crippen MR) is 61.7 cm³/mol. The van der Waals surface area contributed by atoms with Crippen LogP contribution in [0, 0.1) is 5.41 Å². The molecule has 0 aliphatic carbocycles. The highest BCUT2D eigenvalue weighted by atomic mass is 15.0. The fourth-order valence-electron chi connectivity index (χ4n) is 1.51. The Labute approximate surface area is 90.0 Å². The minimum absolute atomic E-state index is 0.354. The van der Waals surface area contributed by atoms with E-state index in [0.29, 0.717) is 5.41 Å². The summed E-state index contributed by atoms with van der Waals surface area (Å²) in [7, 11) is 0. The van der Waals surface area contributed by atoms with Crippen LogP contribution in [0.5, 0.6) is 0 Å². The Morgan fingerprint density at radius 2 is 2.13 bits per heavy atom. The average Bonchev–Trinajstić information content (AvgIpc) is 2.56. The summed E-state index contributed by atoms with van der Waals surface area (Å²) in [6.45, 7) is 6.73. The van der Waals surface area contributed by atoms with Gasteiger partial charge in [0.1, 0.15) is 11.3 Å². The largest absolute Gasteiger partial charge is 0.327 e. The molecular weight excluding hydrogens is 186 g/mol. The molecule has 80 valence electrons. The zero-order valence-corrected chi connectivity index (χ0v) is 9.54. The second-order valence-electron chi connectivity index (χ2n) is 5.12. The van der Waals surface area contributed by atoms with Crippen LogP contribution in [0.1, 0.15) is 33.0 Å². The van der Waals surface area contributed by atoms with E-state index in [4.69, 9.17) is 0 Å². The third kappa shape index (κ3) is 2.55. The van der Waals surface area contributed by atoms with Gasteiger partial charge in [-0.2, -0.15) is 0 Å². The number of H-pyrrole nitrogens is 1. The van der Waals surface area contributed by atoms with E-state index < -0.39 is 0 Å². The molecule has 15 heavy (non-hydrogen) atoms. The van der Waals surface area contributed by atoms with Gasteiger partial charge in [0.15, 0.2) is 5.65 Å². The first-order valence-electron chi connectivity index (χ1n) is 5.34. The Morgan fingerprint density at radius 3 is 2.80 bits per heavy atom. The summed E-state index contributed by atoms with van der Waals surface area (Å²) in [5.74, 6) is 1.04. The first-order chi connectivity index (χ1) is 7.04. The van der Waals surface area contributed by atoms with Gasteiger partial charge in [0.25, 0.3) is 0 Å². The lowest BCUT2D eigenvalue weighted by molar-refractivity contribution is 0.375. The number of nitrogens with one attached hydrogen (secondary N) is 1. The molecule has 0 aliphatic heterocycles. The fourth-order valence-corrected chi connectivity index (χ4v) is 1.51. The molecule has 0 fully saturated rings. The number of hydrogen-bond donors (Lipinski definition) is 1. The lowest BCUT2D eigenvalue weighted by atomic mass is 9.90. The number of aromatic nitrogens is 3. The Bertz CT molecular complexity index is 418. The van der Waals surface area contributed by atoms with Crippen LogP contribution in [-0.2, 0) is 6.42 Å². The number of aromatic amines is 1. The third-order valence-electron chi connectivity index (χ3n) is 2.42. The van der Waals surface area contributed by atoms with E-state index in [9.17, 15) is 0 Å². The molecule has 3 heteroatoms. The molecule has 0 aliphatic rings. The van der Waals surface area contributed by atoms with Crippen molar-refractivity contribution in [3.63, 3.8) is 0 Å². The summed E-state index contributed by atoms with van der Waals surface area (Å²) >= 11 is 0. The molecule has 0 amide bonds. The maximum absolute atomic E-state index is 4.50. The molecule has 2 aromatic heterocycles. The quantitative estimate of drug-likeness (QED) is 0.815. The van der Waals surface area contributed by atoms with Gasteiger partial charge in [0, 0.05) is 12.6 Å². The second kappa shape index (κ2) is 3.65. The molecule has 3 nitrogen and oxygen atoms in total. The summed E-state index contributed by atoms with van der Waals surface area (Å²) in [5.41, 5.74) is 2.20. The van der Waals surface area contributed by atoms with Crippen molar-refractivity contribution < 1.29 is 0 Å². The topological polar surface area (TPSA) is 41.6 Å². The van der Waals surface area contributed by atoms with Gasteiger partial charge in [0.05, 0.1) is 0 Å². The van der Waals surface area contributed by atoms with Crippen LogP contribution < -0.4 is 0 Å². The second-order valence-corrected chi connectivity index (χ2v) is 5.12. The van der Waals surface area contributed by atoms with Crippen molar-refractivity contribution in [2.75, 3.05) is 0 Å². The molecule has 0 spiro atoms. The van der Waals surface area contributed by atoms with Gasteiger partial charge in [-0.15, -0.1) is 0 Å². The van der Waals surface area contributed by atoms with Crippen molar-refractivity contribution >= 4 is 11.2 Å². The molecule has 0 radical (unpaired) electrons. The minimum Gasteiger partial charge on any atom is -0.327 e. The molecule has 0 unspecified atom stereocenters. The Kier molecular flexibility index (Phi) is 2.47. The van der Waals surface area contributed by atoms with Crippen molar-refractivity contribution in [2.45, 2.75) is 33.6 Å². The first kappa shape index (κ1) is 10.1. The Hall–Kier alpha value is -1.38. The van der Waals surface area contributed by atoms with E-state index in [-0.39, 0.29) is 0 Å². The molecule has 1 N–H and O–H groups in total. The minimum atomic E-state index is 0.354. The molecule has 0 bridgehead atoms. The molecule has 2 aromatic rings. The molecule has 0 atom stereocenters. The van der Waals surface area contributed by atoms with Crippen LogP contribution in [0.2, 0.25) is 0 Å².